The van der Waals surface area contributed by atoms with E-state index in [-0.39, 0.29) is 11.5 Å². The van der Waals surface area contributed by atoms with Crippen LogP contribution in [0.2, 0.25) is 0 Å². The molecule has 0 atom stereocenters. The second-order valence-corrected chi connectivity index (χ2v) is 6.68. The zero-order valence-corrected chi connectivity index (χ0v) is 16.9. The number of para-hydroxylation sites is 1. The SMILES string of the molecule is CC(=O)Nc1ccc(C(=O)OCC(=O)Nc2c(C)nn(-c3ccccc3)c2C)cc1. The van der Waals surface area contributed by atoms with E-state index in [1.807, 2.05) is 37.3 Å². The van der Waals surface area contributed by atoms with Gasteiger partial charge in [0.15, 0.2) is 6.61 Å². The second-order valence-electron chi connectivity index (χ2n) is 6.68. The van der Waals surface area contributed by atoms with Crippen LogP contribution >= 0.6 is 0 Å². The lowest BCUT2D eigenvalue weighted by atomic mass is 10.2. The Bertz CT molecular complexity index is 1070. The maximum absolute atomic E-state index is 12.3. The van der Waals surface area contributed by atoms with Gasteiger partial charge in [0.1, 0.15) is 0 Å². The number of aromatic nitrogens is 2. The first-order valence-corrected chi connectivity index (χ1v) is 9.31. The van der Waals surface area contributed by atoms with Crippen LogP contribution in [0.1, 0.15) is 28.7 Å². The van der Waals surface area contributed by atoms with Gasteiger partial charge in [0.05, 0.1) is 28.3 Å². The second kappa shape index (κ2) is 9.04. The van der Waals surface area contributed by atoms with Crippen LogP contribution in [0, 0.1) is 13.8 Å². The van der Waals surface area contributed by atoms with Crippen molar-refractivity contribution in [1.82, 2.24) is 9.78 Å². The molecule has 8 heteroatoms. The monoisotopic (exact) mass is 406 g/mol. The highest BCUT2D eigenvalue weighted by atomic mass is 16.5. The topological polar surface area (TPSA) is 102 Å². The third kappa shape index (κ3) is 4.91. The molecule has 1 aromatic heterocycles. The van der Waals surface area contributed by atoms with Crippen molar-refractivity contribution in [2.75, 3.05) is 17.2 Å². The van der Waals surface area contributed by atoms with Gasteiger partial charge >= 0.3 is 5.97 Å². The summed E-state index contributed by atoms with van der Waals surface area (Å²) in [4.78, 5) is 35.5. The number of nitrogens with one attached hydrogen (secondary N) is 2. The molecule has 3 aromatic rings. The van der Waals surface area contributed by atoms with Crippen molar-refractivity contribution in [2.45, 2.75) is 20.8 Å². The summed E-state index contributed by atoms with van der Waals surface area (Å²) >= 11 is 0. The normalized spacial score (nSPS) is 10.4. The van der Waals surface area contributed by atoms with Crippen molar-refractivity contribution in [3.63, 3.8) is 0 Å². The lowest BCUT2D eigenvalue weighted by Gasteiger charge is -2.08. The van der Waals surface area contributed by atoms with E-state index in [9.17, 15) is 14.4 Å². The van der Waals surface area contributed by atoms with Crippen LogP contribution in [-0.4, -0.2) is 34.2 Å². The van der Waals surface area contributed by atoms with E-state index in [1.165, 1.54) is 19.1 Å². The molecule has 8 nitrogen and oxygen atoms in total. The zero-order chi connectivity index (χ0) is 21.7. The molecule has 0 aliphatic carbocycles. The van der Waals surface area contributed by atoms with E-state index in [1.54, 1.807) is 23.7 Å². The highest BCUT2D eigenvalue weighted by Crippen LogP contribution is 2.22. The highest BCUT2D eigenvalue weighted by molar-refractivity contribution is 5.96. The third-order valence-electron chi connectivity index (χ3n) is 4.33. The van der Waals surface area contributed by atoms with Crippen molar-refractivity contribution in [3.05, 3.63) is 71.5 Å². The largest absolute Gasteiger partial charge is 0.452 e. The molecule has 0 aliphatic heterocycles. The van der Waals surface area contributed by atoms with E-state index >= 15 is 0 Å². The molecule has 154 valence electrons. The molecule has 2 aromatic carbocycles. The summed E-state index contributed by atoms with van der Waals surface area (Å²) in [6, 6.07) is 15.8. The fourth-order valence-corrected chi connectivity index (χ4v) is 2.93. The first-order valence-electron chi connectivity index (χ1n) is 9.31. The van der Waals surface area contributed by atoms with E-state index in [0.29, 0.717) is 17.1 Å². The average Bonchev–Trinajstić information content (AvgIpc) is 3.01. The smallest absolute Gasteiger partial charge is 0.338 e. The van der Waals surface area contributed by atoms with E-state index in [2.05, 4.69) is 15.7 Å². The lowest BCUT2D eigenvalue weighted by Crippen LogP contribution is -2.21. The number of hydrogen-bond donors (Lipinski definition) is 2. The van der Waals surface area contributed by atoms with E-state index in [0.717, 1.165) is 11.4 Å². The highest BCUT2D eigenvalue weighted by Gasteiger charge is 2.16. The molecule has 2 amide bonds. The number of aryl methyl sites for hydroxylation is 1. The van der Waals surface area contributed by atoms with Crippen molar-refractivity contribution >= 4 is 29.2 Å². The van der Waals surface area contributed by atoms with Crippen molar-refractivity contribution < 1.29 is 19.1 Å². The molecule has 30 heavy (non-hydrogen) atoms. The fourth-order valence-electron chi connectivity index (χ4n) is 2.93. The fraction of sp³-hybridized carbons (Fsp3) is 0.182. The van der Waals surface area contributed by atoms with Crippen LogP contribution < -0.4 is 10.6 Å². The molecule has 0 saturated heterocycles. The summed E-state index contributed by atoms with van der Waals surface area (Å²) in [7, 11) is 0. The lowest BCUT2D eigenvalue weighted by molar-refractivity contribution is -0.119. The molecule has 0 aliphatic rings. The van der Waals surface area contributed by atoms with Crippen LogP contribution in [0.15, 0.2) is 54.6 Å². The Morgan fingerprint density at radius 1 is 0.967 bits per heavy atom. The number of amides is 2. The van der Waals surface area contributed by atoms with Crippen molar-refractivity contribution in [1.29, 1.82) is 0 Å². The summed E-state index contributed by atoms with van der Waals surface area (Å²) in [5, 5.41) is 9.84. The maximum atomic E-state index is 12.3. The van der Waals surface area contributed by atoms with Gasteiger partial charge in [-0.1, -0.05) is 18.2 Å². The number of esters is 1. The minimum absolute atomic E-state index is 0.205. The molecular weight excluding hydrogens is 384 g/mol. The molecule has 0 spiro atoms. The average molecular weight is 406 g/mol. The summed E-state index contributed by atoms with van der Waals surface area (Å²) in [5.41, 5.74) is 3.74. The Labute approximate surface area is 173 Å². The van der Waals surface area contributed by atoms with Gasteiger partial charge in [-0.3, -0.25) is 9.59 Å². The Hall–Kier alpha value is -3.94. The van der Waals surface area contributed by atoms with Gasteiger partial charge in [0, 0.05) is 12.6 Å². The quantitative estimate of drug-likeness (QED) is 0.612. The standard InChI is InChI=1S/C22H22N4O4/c1-14-21(15(2)26(25-14)19-7-5-4-6-8-19)24-20(28)13-30-22(29)17-9-11-18(12-10-17)23-16(3)27/h4-12H,13H2,1-3H3,(H,23,27)(H,24,28). The minimum Gasteiger partial charge on any atom is -0.452 e. The number of benzene rings is 2. The molecule has 3 rings (SSSR count). The molecule has 0 radical (unpaired) electrons. The van der Waals surface area contributed by atoms with Gasteiger partial charge in [-0.2, -0.15) is 5.10 Å². The van der Waals surface area contributed by atoms with Gasteiger partial charge in [0.2, 0.25) is 5.91 Å². The van der Waals surface area contributed by atoms with Crippen LogP contribution in [0.4, 0.5) is 11.4 Å². The first kappa shape index (κ1) is 20.8. The third-order valence-corrected chi connectivity index (χ3v) is 4.33. The summed E-state index contributed by atoms with van der Waals surface area (Å²) in [5.74, 6) is -1.30. The molecule has 0 bridgehead atoms. The van der Waals surface area contributed by atoms with Gasteiger partial charge in [0.25, 0.3) is 5.91 Å². The predicted molar refractivity (Wildman–Crippen MR) is 113 cm³/mol. The molecule has 0 fully saturated rings. The Kier molecular flexibility index (Phi) is 6.26. The number of rotatable bonds is 6. The van der Waals surface area contributed by atoms with Gasteiger partial charge in [-0.25, -0.2) is 9.48 Å². The summed E-state index contributed by atoms with van der Waals surface area (Å²) in [6.07, 6.45) is 0. The van der Waals surface area contributed by atoms with Crippen LogP contribution in [0.25, 0.3) is 5.69 Å². The van der Waals surface area contributed by atoms with Crippen LogP contribution in [-0.2, 0) is 14.3 Å². The number of anilines is 2. The number of nitrogens with zero attached hydrogens (tertiary/aromatic N) is 2. The van der Waals surface area contributed by atoms with Crippen molar-refractivity contribution in [3.8, 4) is 5.69 Å². The van der Waals surface area contributed by atoms with Gasteiger partial charge in [-0.15, -0.1) is 0 Å². The van der Waals surface area contributed by atoms with Gasteiger partial charge in [-0.05, 0) is 50.2 Å². The van der Waals surface area contributed by atoms with Crippen LogP contribution in [0.3, 0.4) is 0 Å². The number of hydrogen-bond acceptors (Lipinski definition) is 5. The molecule has 2 N–H and O–H groups in total. The van der Waals surface area contributed by atoms with Gasteiger partial charge < -0.3 is 15.4 Å². The first-order chi connectivity index (χ1) is 14.3. The summed E-state index contributed by atoms with van der Waals surface area (Å²) in [6.45, 7) is 4.62. The number of ether oxygens (including phenoxy) is 1. The zero-order valence-electron chi connectivity index (χ0n) is 16.9. The Morgan fingerprint density at radius 3 is 2.27 bits per heavy atom. The molecule has 0 saturated carbocycles. The predicted octanol–water partition coefficient (Wildman–Crippen LogP) is 3.24. The number of carbonyl (C=O) groups excluding carboxylic acids is 3. The van der Waals surface area contributed by atoms with Crippen molar-refractivity contribution in [2.24, 2.45) is 0 Å². The van der Waals surface area contributed by atoms with Crippen LogP contribution in [0.5, 0.6) is 0 Å². The summed E-state index contributed by atoms with van der Waals surface area (Å²) < 4.78 is 6.83. The minimum atomic E-state index is -0.632. The molecule has 1 heterocycles. The van der Waals surface area contributed by atoms with E-state index < -0.39 is 18.5 Å². The Balaban J connectivity index is 1.60. The maximum Gasteiger partial charge on any atom is 0.338 e. The molecular formula is C22H22N4O4. The Morgan fingerprint density at radius 2 is 1.63 bits per heavy atom. The molecule has 0 unspecified atom stereocenters. The van der Waals surface area contributed by atoms with E-state index in [4.69, 9.17) is 4.74 Å². The number of carbonyl (C=O) groups is 3.